The number of sulfonamides is 1. The Kier molecular flexibility index (Phi) is 7.86. The lowest BCUT2D eigenvalue weighted by Gasteiger charge is -2.14. The number of amides is 1. The van der Waals surface area contributed by atoms with Gasteiger partial charge in [-0.05, 0) is 63.0 Å². The average molecular weight is 424 g/mol. The van der Waals surface area contributed by atoms with Crippen LogP contribution in [0.5, 0.6) is 0 Å². The number of carbonyl (C=O) groups excluding carboxylic acids is 1. The highest BCUT2D eigenvalue weighted by Gasteiger charge is 2.19. The van der Waals surface area contributed by atoms with E-state index in [0.29, 0.717) is 18.0 Å². The van der Waals surface area contributed by atoms with Gasteiger partial charge >= 0.3 is 0 Å². The summed E-state index contributed by atoms with van der Waals surface area (Å²) in [5.41, 5.74) is 1.57. The summed E-state index contributed by atoms with van der Waals surface area (Å²) in [5.74, 6) is 0.309. The normalized spacial score (nSPS) is 16.2. The molecule has 0 saturated carbocycles. The fourth-order valence-corrected chi connectivity index (χ4v) is 4.22. The maximum absolute atomic E-state index is 12.6. The van der Waals surface area contributed by atoms with Gasteiger partial charge in [-0.15, -0.1) is 12.4 Å². The van der Waals surface area contributed by atoms with Crippen LogP contribution in [0.15, 0.2) is 53.4 Å². The van der Waals surface area contributed by atoms with Crippen molar-refractivity contribution in [2.45, 2.75) is 24.7 Å². The number of benzene rings is 2. The van der Waals surface area contributed by atoms with Gasteiger partial charge in [0, 0.05) is 6.54 Å². The van der Waals surface area contributed by atoms with Crippen molar-refractivity contribution in [2.75, 3.05) is 24.4 Å². The van der Waals surface area contributed by atoms with Crippen molar-refractivity contribution >= 4 is 34.0 Å². The Balaban J connectivity index is 0.00000280. The molecule has 1 unspecified atom stereocenters. The number of para-hydroxylation sites is 1. The predicted octanol–water partition coefficient (Wildman–Crippen LogP) is 2.95. The van der Waals surface area contributed by atoms with Crippen LogP contribution in [-0.4, -0.2) is 34.0 Å². The first kappa shape index (κ1) is 22.2. The highest BCUT2D eigenvalue weighted by atomic mass is 35.5. The Morgan fingerprint density at radius 1 is 1.14 bits per heavy atom. The van der Waals surface area contributed by atoms with Crippen LogP contribution in [0, 0.1) is 12.8 Å². The van der Waals surface area contributed by atoms with E-state index >= 15 is 0 Å². The van der Waals surface area contributed by atoms with Crippen LogP contribution in [0.1, 0.15) is 28.8 Å². The van der Waals surface area contributed by atoms with Gasteiger partial charge in [-0.3, -0.25) is 9.52 Å². The standard InChI is InChI=1S/C20H25N3O3S.ClH/c1-15-6-8-17(9-7-15)27(25,26)23-19-5-3-2-4-18(19)20(24)22-13-11-16-10-12-21-14-16;/h2-9,16,21,23H,10-14H2,1H3,(H,22,24);1H. The van der Waals surface area contributed by atoms with Crippen molar-refractivity contribution in [2.24, 2.45) is 5.92 Å². The van der Waals surface area contributed by atoms with Crippen LogP contribution < -0.4 is 15.4 Å². The zero-order valence-corrected chi connectivity index (χ0v) is 17.4. The summed E-state index contributed by atoms with van der Waals surface area (Å²) < 4.78 is 27.8. The first-order valence-electron chi connectivity index (χ1n) is 9.13. The molecule has 1 atom stereocenters. The molecular weight excluding hydrogens is 398 g/mol. The van der Waals surface area contributed by atoms with E-state index in [2.05, 4.69) is 15.4 Å². The van der Waals surface area contributed by atoms with Crippen LogP contribution in [0.3, 0.4) is 0 Å². The smallest absolute Gasteiger partial charge is 0.261 e. The highest BCUT2D eigenvalue weighted by molar-refractivity contribution is 7.92. The van der Waals surface area contributed by atoms with E-state index < -0.39 is 10.0 Å². The third-order valence-electron chi connectivity index (χ3n) is 4.75. The van der Waals surface area contributed by atoms with Gasteiger partial charge in [0.25, 0.3) is 15.9 Å². The SMILES string of the molecule is Cc1ccc(S(=O)(=O)Nc2ccccc2C(=O)NCCC2CCNC2)cc1.Cl. The minimum absolute atomic E-state index is 0. The molecule has 8 heteroatoms. The van der Waals surface area contributed by atoms with E-state index in [9.17, 15) is 13.2 Å². The van der Waals surface area contributed by atoms with E-state index in [4.69, 9.17) is 0 Å². The zero-order valence-electron chi connectivity index (χ0n) is 15.8. The molecule has 1 fully saturated rings. The predicted molar refractivity (Wildman–Crippen MR) is 114 cm³/mol. The fourth-order valence-electron chi connectivity index (χ4n) is 3.14. The number of rotatable bonds is 7. The fraction of sp³-hybridized carbons (Fsp3) is 0.350. The largest absolute Gasteiger partial charge is 0.352 e. The summed E-state index contributed by atoms with van der Waals surface area (Å²) in [5, 5.41) is 6.20. The van der Waals surface area contributed by atoms with Gasteiger partial charge in [0.15, 0.2) is 0 Å². The molecule has 152 valence electrons. The maximum atomic E-state index is 12.6. The Bertz CT molecular complexity index is 895. The molecule has 0 aliphatic carbocycles. The lowest BCUT2D eigenvalue weighted by atomic mass is 10.1. The van der Waals surface area contributed by atoms with Gasteiger partial charge in [0.05, 0.1) is 16.1 Å². The molecule has 2 aromatic carbocycles. The first-order chi connectivity index (χ1) is 13.0. The molecule has 1 aliphatic heterocycles. The minimum Gasteiger partial charge on any atom is -0.352 e. The van der Waals surface area contributed by atoms with Gasteiger partial charge in [0.1, 0.15) is 0 Å². The summed E-state index contributed by atoms with van der Waals surface area (Å²) in [6.45, 7) is 4.49. The lowest BCUT2D eigenvalue weighted by Crippen LogP contribution is -2.27. The van der Waals surface area contributed by atoms with E-state index in [0.717, 1.165) is 31.5 Å². The lowest BCUT2D eigenvalue weighted by molar-refractivity contribution is 0.0952. The molecule has 0 bridgehead atoms. The second kappa shape index (κ2) is 9.91. The number of aryl methyl sites for hydroxylation is 1. The molecule has 2 aromatic rings. The minimum atomic E-state index is -3.76. The Hall–Kier alpha value is -2.09. The van der Waals surface area contributed by atoms with E-state index in [1.807, 2.05) is 6.92 Å². The summed E-state index contributed by atoms with van der Waals surface area (Å²) >= 11 is 0. The molecule has 6 nitrogen and oxygen atoms in total. The van der Waals surface area contributed by atoms with Gasteiger partial charge < -0.3 is 10.6 Å². The van der Waals surface area contributed by atoms with Crippen molar-refractivity contribution in [1.82, 2.24) is 10.6 Å². The molecule has 3 rings (SSSR count). The molecule has 0 aromatic heterocycles. The molecule has 1 aliphatic rings. The monoisotopic (exact) mass is 423 g/mol. The molecular formula is C20H26ClN3O3S. The molecule has 3 N–H and O–H groups in total. The second-order valence-electron chi connectivity index (χ2n) is 6.87. The second-order valence-corrected chi connectivity index (χ2v) is 8.55. The van der Waals surface area contributed by atoms with E-state index in [1.54, 1.807) is 48.5 Å². The number of carbonyl (C=O) groups is 1. The Morgan fingerprint density at radius 2 is 1.86 bits per heavy atom. The number of hydrogen-bond acceptors (Lipinski definition) is 4. The third kappa shape index (κ3) is 5.70. The Morgan fingerprint density at radius 3 is 2.54 bits per heavy atom. The van der Waals surface area contributed by atoms with Gasteiger partial charge in [-0.2, -0.15) is 0 Å². The van der Waals surface area contributed by atoms with Crippen molar-refractivity contribution < 1.29 is 13.2 Å². The Labute approximate surface area is 172 Å². The maximum Gasteiger partial charge on any atom is 0.261 e. The number of hydrogen-bond donors (Lipinski definition) is 3. The molecule has 0 spiro atoms. The average Bonchev–Trinajstić information content (AvgIpc) is 3.15. The van der Waals surface area contributed by atoms with Crippen molar-refractivity contribution in [3.8, 4) is 0 Å². The number of halogens is 1. The number of anilines is 1. The van der Waals surface area contributed by atoms with Gasteiger partial charge in [-0.1, -0.05) is 29.8 Å². The van der Waals surface area contributed by atoms with Crippen LogP contribution in [0.25, 0.3) is 0 Å². The van der Waals surface area contributed by atoms with Crippen LogP contribution in [0.4, 0.5) is 5.69 Å². The van der Waals surface area contributed by atoms with Crippen molar-refractivity contribution in [1.29, 1.82) is 0 Å². The molecule has 1 heterocycles. The summed E-state index contributed by atoms with van der Waals surface area (Å²) in [6, 6.07) is 13.2. The summed E-state index contributed by atoms with van der Waals surface area (Å²) in [4.78, 5) is 12.7. The van der Waals surface area contributed by atoms with Gasteiger partial charge in [0.2, 0.25) is 0 Å². The summed E-state index contributed by atoms with van der Waals surface area (Å²) in [7, 11) is -3.76. The topological polar surface area (TPSA) is 87.3 Å². The first-order valence-corrected chi connectivity index (χ1v) is 10.6. The van der Waals surface area contributed by atoms with E-state index in [1.165, 1.54) is 0 Å². The summed E-state index contributed by atoms with van der Waals surface area (Å²) in [6.07, 6.45) is 2.04. The molecule has 1 amide bonds. The van der Waals surface area contributed by atoms with Crippen LogP contribution >= 0.6 is 12.4 Å². The van der Waals surface area contributed by atoms with Crippen LogP contribution in [-0.2, 0) is 10.0 Å². The zero-order chi connectivity index (χ0) is 19.3. The number of nitrogens with one attached hydrogen (secondary N) is 3. The third-order valence-corrected chi connectivity index (χ3v) is 6.13. The van der Waals surface area contributed by atoms with Crippen molar-refractivity contribution in [3.63, 3.8) is 0 Å². The molecule has 0 radical (unpaired) electrons. The molecule has 28 heavy (non-hydrogen) atoms. The molecule has 1 saturated heterocycles. The van der Waals surface area contributed by atoms with Gasteiger partial charge in [-0.25, -0.2) is 8.42 Å². The quantitative estimate of drug-likeness (QED) is 0.639. The van der Waals surface area contributed by atoms with Crippen LogP contribution in [0.2, 0.25) is 0 Å². The van der Waals surface area contributed by atoms with Crippen molar-refractivity contribution in [3.05, 3.63) is 59.7 Å². The highest BCUT2D eigenvalue weighted by Crippen LogP contribution is 2.20. The van der Waals surface area contributed by atoms with E-state index in [-0.39, 0.29) is 28.9 Å².